The molecular weight excluding hydrogens is 442 g/mol. The van der Waals surface area contributed by atoms with Gasteiger partial charge < -0.3 is 4.74 Å². The number of fused-ring (bicyclic) bond motifs is 3. The number of para-hydroxylation sites is 1. The molecule has 1 aromatic heterocycles. The standard InChI is InChI=1S/C22H20ClNO4S2/c1-3-28-22(25)21-19(23)17-12-13-24(18-7-5-4-6-16(18)20(17)29-21)30(26,27)15-10-8-14(2)9-11-15/h4-11H,3,12-13H2,1-2H3. The highest BCUT2D eigenvalue weighted by atomic mass is 35.5. The van der Waals surface area contributed by atoms with Gasteiger partial charge >= 0.3 is 5.97 Å². The van der Waals surface area contributed by atoms with Crippen LogP contribution in [0.15, 0.2) is 53.4 Å². The van der Waals surface area contributed by atoms with Gasteiger partial charge in [0, 0.05) is 17.0 Å². The van der Waals surface area contributed by atoms with Crippen LogP contribution >= 0.6 is 22.9 Å². The molecule has 1 aliphatic rings. The molecule has 1 aliphatic heterocycles. The Hall–Kier alpha value is -2.35. The third-order valence-corrected chi connectivity index (χ3v) is 8.60. The van der Waals surface area contributed by atoms with Crippen molar-refractivity contribution in [2.24, 2.45) is 0 Å². The second-order valence-electron chi connectivity index (χ2n) is 6.93. The van der Waals surface area contributed by atoms with Crippen LogP contribution in [0.2, 0.25) is 5.02 Å². The van der Waals surface area contributed by atoms with Crippen molar-refractivity contribution in [3.8, 4) is 10.4 Å². The predicted octanol–water partition coefficient (Wildman–Crippen LogP) is 5.31. The third kappa shape index (κ3) is 3.51. The van der Waals surface area contributed by atoms with Gasteiger partial charge in [-0.1, -0.05) is 47.5 Å². The molecule has 0 bridgehead atoms. The van der Waals surface area contributed by atoms with Crippen LogP contribution in [0, 0.1) is 6.92 Å². The van der Waals surface area contributed by atoms with E-state index in [4.69, 9.17) is 16.3 Å². The van der Waals surface area contributed by atoms with Crippen LogP contribution in [-0.4, -0.2) is 27.5 Å². The van der Waals surface area contributed by atoms with Crippen molar-refractivity contribution in [1.82, 2.24) is 0 Å². The maximum Gasteiger partial charge on any atom is 0.349 e. The van der Waals surface area contributed by atoms with Crippen molar-refractivity contribution in [2.45, 2.75) is 25.2 Å². The van der Waals surface area contributed by atoms with Gasteiger partial charge in [-0.05, 0) is 44.0 Å². The minimum absolute atomic E-state index is 0.221. The van der Waals surface area contributed by atoms with Gasteiger partial charge in [0.25, 0.3) is 10.0 Å². The van der Waals surface area contributed by atoms with Gasteiger partial charge in [-0.2, -0.15) is 0 Å². The molecule has 0 aliphatic carbocycles. The van der Waals surface area contributed by atoms with Crippen LogP contribution in [0.1, 0.15) is 27.7 Å². The average Bonchev–Trinajstić information content (AvgIpc) is 2.95. The zero-order valence-corrected chi connectivity index (χ0v) is 18.9. The molecule has 0 N–H and O–H groups in total. The van der Waals surface area contributed by atoms with E-state index in [0.717, 1.165) is 21.6 Å². The molecule has 0 fully saturated rings. The zero-order chi connectivity index (χ0) is 21.5. The Morgan fingerprint density at radius 1 is 1.17 bits per heavy atom. The quantitative estimate of drug-likeness (QED) is 0.494. The highest BCUT2D eigenvalue weighted by molar-refractivity contribution is 7.92. The molecule has 3 aromatic rings. The van der Waals surface area contributed by atoms with Gasteiger partial charge in [0.1, 0.15) is 4.88 Å². The minimum Gasteiger partial charge on any atom is -0.462 e. The van der Waals surface area contributed by atoms with Gasteiger partial charge in [0.05, 0.1) is 22.2 Å². The number of carbonyl (C=O) groups excluding carboxylic acids is 1. The van der Waals surface area contributed by atoms with Crippen molar-refractivity contribution < 1.29 is 17.9 Å². The summed E-state index contributed by atoms with van der Waals surface area (Å²) in [7, 11) is -3.76. The van der Waals surface area contributed by atoms with Crippen LogP contribution < -0.4 is 4.31 Å². The summed E-state index contributed by atoms with van der Waals surface area (Å²) < 4.78 is 33.5. The number of thiophene rings is 1. The largest absolute Gasteiger partial charge is 0.462 e. The molecule has 0 saturated heterocycles. The second kappa shape index (κ2) is 8.06. The van der Waals surface area contributed by atoms with Crippen molar-refractivity contribution in [3.05, 3.63) is 69.6 Å². The molecule has 2 heterocycles. The highest BCUT2D eigenvalue weighted by Gasteiger charge is 2.33. The predicted molar refractivity (Wildman–Crippen MR) is 120 cm³/mol. The maximum absolute atomic E-state index is 13.5. The smallest absolute Gasteiger partial charge is 0.349 e. The highest BCUT2D eigenvalue weighted by Crippen LogP contribution is 2.46. The van der Waals surface area contributed by atoms with E-state index in [9.17, 15) is 13.2 Å². The van der Waals surface area contributed by atoms with Gasteiger partial charge in [-0.15, -0.1) is 11.3 Å². The number of halogens is 1. The van der Waals surface area contributed by atoms with Crippen LogP contribution in [0.3, 0.4) is 0 Å². The lowest BCUT2D eigenvalue weighted by Crippen LogP contribution is -2.32. The van der Waals surface area contributed by atoms with E-state index in [0.29, 0.717) is 22.0 Å². The number of rotatable bonds is 4. The lowest BCUT2D eigenvalue weighted by Gasteiger charge is -2.24. The Morgan fingerprint density at radius 3 is 2.57 bits per heavy atom. The molecule has 156 valence electrons. The molecule has 0 radical (unpaired) electrons. The summed E-state index contributed by atoms with van der Waals surface area (Å²) in [5.41, 5.74) is 3.08. The van der Waals surface area contributed by atoms with E-state index in [1.807, 2.05) is 25.1 Å². The molecular formula is C22H20ClNO4S2. The molecule has 0 saturated carbocycles. The second-order valence-corrected chi connectivity index (χ2v) is 10.2. The van der Waals surface area contributed by atoms with Crippen LogP contribution in [0.4, 0.5) is 5.69 Å². The van der Waals surface area contributed by atoms with E-state index >= 15 is 0 Å². The Labute approximate surface area is 184 Å². The fourth-order valence-corrected chi connectivity index (χ4v) is 6.61. The fourth-order valence-electron chi connectivity index (χ4n) is 3.52. The van der Waals surface area contributed by atoms with E-state index in [-0.39, 0.29) is 18.0 Å². The van der Waals surface area contributed by atoms with Gasteiger partial charge in [0.2, 0.25) is 0 Å². The van der Waals surface area contributed by atoms with E-state index in [1.54, 1.807) is 37.3 Å². The first-order valence-corrected chi connectivity index (χ1v) is 12.1. The molecule has 2 aromatic carbocycles. The lowest BCUT2D eigenvalue weighted by atomic mass is 10.1. The number of esters is 1. The van der Waals surface area contributed by atoms with Crippen LogP contribution in [0.25, 0.3) is 10.4 Å². The molecule has 8 heteroatoms. The van der Waals surface area contributed by atoms with Gasteiger partial charge in [-0.3, -0.25) is 4.31 Å². The van der Waals surface area contributed by atoms with E-state index < -0.39 is 16.0 Å². The third-order valence-electron chi connectivity index (χ3n) is 4.99. The number of sulfonamides is 1. The lowest BCUT2D eigenvalue weighted by molar-refractivity contribution is 0.0532. The SMILES string of the molecule is CCOC(=O)c1sc2c(c1Cl)CCN(S(=O)(=O)c1ccc(C)cc1)c1ccccc1-2. The number of nitrogens with zero attached hydrogens (tertiary/aromatic N) is 1. The van der Waals surface area contributed by atoms with Crippen molar-refractivity contribution in [3.63, 3.8) is 0 Å². The number of hydrogen-bond acceptors (Lipinski definition) is 5. The first kappa shape index (κ1) is 20.9. The van der Waals surface area contributed by atoms with E-state index in [2.05, 4.69) is 0 Å². The summed E-state index contributed by atoms with van der Waals surface area (Å²) in [5, 5.41) is 0.345. The Balaban J connectivity index is 1.85. The van der Waals surface area contributed by atoms with Crippen LogP contribution in [-0.2, 0) is 21.2 Å². The van der Waals surface area contributed by atoms with Crippen molar-refractivity contribution in [1.29, 1.82) is 0 Å². The van der Waals surface area contributed by atoms with Gasteiger partial charge in [0.15, 0.2) is 0 Å². The number of ether oxygens (including phenoxy) is 1. The molecule has 0 amide bonds. The summed E-state index contributed by atoms with van der Waals surface area (Å²) >= 11 is 7.80. The Morgan fingerprint density at radius 2 is 1.87 bits per heavy atom. The summed E-state index contributed by atoms with van der Waals surface area (Å²) in [6, 6.07) is 14.1. The molecule has 4 rings (SSSR count). The average molecular weight is 462 g/mol. The molecule has 5 nitrogen and oxygen atoms in total. The molecule has 30 heavy (non-hydrogen) atoms. The van der Waals surface area contributed by atoms with Crippen LogP contribution in [0.5, 0.6) is 0 Å². The fraction of sp³-hybridized carbons (Fsp3) is 0.227. The number of carbonyl (C=O) groups is 1. The summed E-state index contributed by atoms with van der Waals surface area (Å²) in [5.74, 6) is -0.456. The Kier molecular flexibility index (Phi) is 5.61. The number of aryl methyl sites for hydroxylation is 1. The molecule has 0 unspecified atom stereocenters. The first-order chi connectivity index (χ1) is 14.3. The number of benzene rings is 2. The number of anilines is 1. The molecule has 0 atom stereocenters. The molecule has 0 spiro atoms. The van der Waals surface area contributed by atoms with Gasteiger partial charge in [-0.25, -0.2) is 13.2 Å². The van der Waals surface area contributed by atoms with Crippen molar-refractivity contribution >= 4 is 44.6 Å². The topological polar surface area (TPSA) is 63.7 Å². The monoisotopic (exact) mass is 461 g/mol. The summed E-state index contributed by atoms with van der Waals surface area (Å²) in [6.07, 6.45) is 0.393. The first-order valence-electron chi connectivity index (χ1n) is 9.51. The minimum atomic E-state index is -3.76. The zero-order valence-electron chi connectivity index (χ0n) is 16.5. The normalized spacial score (nSPS) is 13.4. The van der Waals surface area contributed by atoms with E-state index in [1.165, 1.54) is 15.6 Å². The number of hydrogen-bond donors (Lipinski definition) is 0. The van der Waals surface area contributed by atoms with Crippen molar-refractivity contribution in [2.75, 3.05) is 17.5 Å². The maximum atomic E-state index is 13.5. The Bertz CT molecular complexity index is 1220. The summed E-state index contributed by atoms with van der Waals surface area (Å²) in [6.45, 7) is 4.14. The summed E-state index contributed by atoms with van der Waals surface area (Å²) in [4.78, 5) is 13.7.